The molecule has 0 unspecified atom stereocenters. The maximum absolute atomic E-state index is 12.0. The number of hydrogen-bond donors (Lipinski definition) is 1. The van der Waals surface area contributed by atoms with Crippen LogP contribution in [-0.2, 0) is 16.0 Å². The van der Waals surface area contributed by atoms with Crippen LogP contribution in [0.15, 0.2) is 11.4 Å². The maximum Gasteiger partial charge on any atom is 0.329 e. The number of thiophene rings is 1. The monoisotopic (exact) mass is 239 g/mol. The number of hydrogen-bond acceptors (Lipinski definition) is 4. The molecule has 2 rings (SSSR count). The summed E-state index contributed by atoms with van der Waals surface area (Å²) in [6.07, 6.45) is 0.998. The number of nitrogens with one attached hydrogen (secondary N) is 1. The smallest absolute Gasteiger partial charge is 0.329 e. The lowest BCUT2D eigenvalue weighted by Gasteiger charge is -2.27. The van der Waals surface area contributed by atoms with Gasteiger partial charge in [0.15, 0.2) is 0 Å². The van der Waals surface area contributed by atoms with Gasteiger partial charge in [0.05, 0.1) is 0 Å². The molecular formula is C12H17NO2S. The van der Waals surface area contributed by atoms with E-state index in [1.165, 1.54) is 5.56 Å². The lowest BCUT2D eigenvalue weighted by Crippen LogP contribution is -2.38. The summed E-state index contributed by atoms with van der Waals surface area (Å²) >= 11 is 1.62. The van der Waals surface area contributed by atoms with Crippen LogP contribution in [0.4, 0.5) is 0 Å². The molecule has 0 amide bonds. The van der Waals surface area contributed by atoms with E-state index in [-0.39, 0.29) is 12.0 Å². The lowest BCUT2D eigenvalue weighted by atomic mass is 10.0. The fourth-order valence-electron chi connectivity index (χ4n) is 1.80. The maximum atomic E-state index is 12.0. The van der Waals surface area contributed by atoms with Crippen LogP contribution in [0.25, 0.3) is 0 Å². The second kappa shape index (κ2) is 4.18. The molecule has 4 heteroatoms. The highest BCUT2D eigenvalue weighted by Gasteiger charge is 2.30. The van der Waals surface area contributed by atoms with Crippen LogP contribution >= 0.6 is 11.3 Å². The largest absolute Gasteiger partial charge is 0.459 e. The average molecular weight is 239 g/mol. The van der Waals surface area contributed by atoms with Crippen molar-refractivity contribution < 1.29 is 9.53 Å². The zero-order valence-electron chi connectivity index (χ0n) is 9.87. The van der Waals surface area contributed by atoms with E-state index in [1.807, 2.05) is 26.2 Å². The molecule has 1 aliphatic rings. The Morgan fingerprint density at radius 2 is 2.31 bits per heavy atom. The van der Waals surface area contributed by atoms with Gasteiger partial charge in [0.25, 0.3) is 0 Å². The Bertz CT molecular complexity index is 392. The Balaban J connectivity index is 2.15. The van der Waals surface area contributed by atoms with Crippen molar-refractivity contribution in [2.24, 2.45) is 0 Å². The molecule has 0 aromatic carbocycles. The van der Waals surface area contributed by atoms with E-state index >= 15 is 0 Å². The van der Waals surface area contributed by atoms with Gasteiger partial charge in [-0.2, -0.15) is 0 Å². The van der Waals surface area contributed by atoms with E-state index in [9.17, 15) is 4.79 Å². The van der Waals surface area contributed by atoms with Crippen LogP contribution in [0.5, 0.6) is 0 Å². The topological polar surface area (TPSA) is 38.3 Å². The van der Waals surface area contributed by atoms with E-state index in [0.29, 0.717) is 0 Å². The van der Waals surface area contributed by atoms with Gasteiger partial charge >= 0.3 is 5.97 Å². The van der Waals surface area contributed by atoms with Crippen molar-refractivity contribution in [2.75, 3.05) is 6.54 Å². The molecule has 88 valence electrons. The van der Waals surface area contributed by atoms with E-state index in [2.05, 4.69) is 11.4 Å². The molecule has 0 bridgehead atoms. The summed E-state index contributed by atoms with van der Waals surface area (Å²) < 4.78 is 5.41. The predicted molar refractivity (Wildman–Crippen MR) is 64.6 cm³/mol. The highest BCUT2D eigenvalue weighted by molar-refractivity contribution is 7.10. The van der Waals surface area contributed by atoms with Gasteiger partial charge in [-0.25, -0.2) is 4.79 Å². The zero-order valence-corrected chi connectivity index (χ0v) is 10.7. The SMILES string of the molecule is CC(C)(C)OC(=O)[C@@H]1NCCc2ccsc21. The molecular weight excluding hydrogens is 222 g/mol. The van der Waals surface area contributed by atoms with Crippen molar-refractivity contribution in [1.29, 1.82) is 0 Å². The minimum Gasteiger partial charge on any atom is -0.459 e. The Morgan fingerprint density at radius 1 is 1.56 bits per heavy atom. The van der Waals surface area contributed by atoms with Crippen molar-refractivity contribution >= 4 is 17.3 Å². The predicted octanol–water partition coefficient (Wildman–Crippen LogP) is 2.28. The van der Waals surface area contributed by atoms with Crippen molar-refractivity contribution in [3.63, 3.8) is 0 Å². The zero-order chi connectivity index (χ0) is 11.8. The second-order valence-corrected chi connectivity index (χ2v) is 5.93. The van der Waals surface area contributed by atoms with E-state index < -0.39 is 5.60 Å². The molecule has 1 N–H and O–H groups in total. The van der Waals surface area contributed by atoms with Crippen molar-refractivity contribution in [1.82, 2.24) is 5.32 Å². The van der Waals surface area contributed by atoms with Crippen LogP contribution in [0.1, 0.15) is 37.3 Å². The highest BCUT2D eigenvalue weighted by Crippen LogP contribution is 2.29. The molecule has 0 saturated carbocycles. The van der Waals surface area contributed by atoms with Gasteiger partial charge in [0.1, 0.15) is 11.6 Å². The van der Waals surface area contributed by atoms with E-state index in [0.717, 1.165) is 17.8 Å². The van der Waals surface area contributed by atoms with Gasteiger partial charge in [0, 0.05) is 11.4 Å². The van der Waals surface area contributed by atoms with Crippen LogP contribution in [0.3, 0.4) is 0 Å². The van der Waals surface area contributed by atoms with E-state index in [1.54, 1.807) is 11.3 Å². The van der Waals surface area contributed by atoms with Crippen LogP contribution < -0.4 is 5.32 Å². The first kappa shape index (κ1) is 11.6. The van der Waals surface area contributed by atoms with Gasteiger partial charge in [0.2, 0.25) is 0 Å². The van der Waals surface area contributed by atoms with Gasteiger partial charge < -0.3 is 4.74 Å². The Morgan fingerprint density at radius 3 is 3.00 bits per heavy atom. The molecule has 1 aromatic heterocycles. The van der Waals surface area contributed by atoms with E-state index in [4.69, 9.17) is 4.74 Å². The van der Waals surface area contributed by atoms with Crippen LogP contribution in [-0.4, -0.2) is 18.1 Å². The number of carbonyl (C=O) groups is 1. The molecule has 0 aliphatic carbocycles. The Kier molecular flexibility index (Phi) is 3.04. The summed E-state index contributed by atoms with van der Waals surface area (Å²) in [5.74, 6) is -0.170. The van der Waals surface area contributed by atoms with Crippen molar-refractivity contribution in [3.8, 4) is 0 Å². The standard InChI is InChI=1S/C12H17NO2S/c1-12(2,3)15-11(14)9-10-8(4-6-13-9)5-7-16-10/h5,7,9,13H,4,6H2,1-3H3/t9-/m1/s1. The first-order valence-corrected chi connectivity index (χ1v) is 6.38. The molecule has 1 aromatic rings. The summed E-state index contributed by atoms with van der Waals surface area (Å²) in [4.78, 5) is 13.1. The highest BCUT2D eigenvalue weighted by atomic mass is 32.1. The van der Waals surface area contributed by atoms with Gasteiger partial charge in [-0.3, -0.25) is 5.32 Å². The molecule has 2 heterocycles. The minimum atomic E-state index is -0.423. The number of ether oxygens (including phenoxy) is 1. The molecule has 0 radical (unpaired) electrons. The number of fused-ring (bicyclic) bond motifs is 1. The first-order chi connectivity index (χ1) is 7.47. The van der Waals surface area contributed by atoms with Gasteiger partial charge in [-0.1, -0.05) is 0 Å². The Labute approximate surface area is 99.8 Å². The summed E-state index contributed by atoms with van der Waals surface area (Å²) in [5.41, 5.74) is 0.854. The number of carbonyl (C=O) groups excluding carboxylic acids is 1. The molecule has 0 spiro atoms. The molecule has 0 saturated heterocycles. The van der Waals surface area contributed by atoms with Crippen molar-refractivity contribution in [3.05, 3.63) is 21.9 Å². The van der Waals surface area contributed by atoms with Crippen LogP contribution in [0, 0.1) is 0 Å². The average Bonchev–Trinajstić information content (AvgIpc) is 2.61. The molecule has 1 aliphatic heterocycles. The number of esters is 1. The summed E-state index contributed by atoms with van der Waals surface area (Å²) in [6, 6.07) is 1.82. The van der Waals surface area contributed by atoms with Crippen LogP contribution in [0.2, 0.25) is 0 Å². The minimum absolute atomic E-state index is 0.170. The van der Waals surface area contributed by atoms with Crippen molar-refractivity contribution in [2.45, 2.75) is 38.8 Å². The van der Waals surface area contributed by atoms with Gasteiger partial charge in [-0.15, -0.1) is 11.3 Å². The third-order valence-electron chi connectivity index (χ3n) is 2.43. The summed E-state index contributed by atoms with van der Waals surface area (Å²) in [6.45, 7) is 6.52. The molecule has 0 fully saturated rings. The second-order valence-electron chi connectivity index (χ2n) is 4.98. The quantitative estimate of drug-likeness (QED) is 0.764. The normalized spacial score (nSPS) is 20.3. The lowest BCUT2D eigenvalue weighted by molar-refractivity contribution is -0.157. The fraction of sp³-hybridized carbons (Fsp3) is 0.583. The first-order valence-electron chi connectivity index (χ1n) is 5.50. The summed E-state index contributed by atoms with van der Waals surface area (Å²) in [5, 5.41) is 5.26. The number of rotatable bonds is 1. The van der Waals surface area contributed by atoms with Gasteiger partial charge in [-0.05, 0) is 44.2 Å². The summed E-state index contributed by atoms with van der Waals surface area (Å²) in [7, 11) is 0. The molecule has 3 nitrogen and oxygen atoms in total. The third-order valence-corrected chi connectivity index (χ3v) is 3.45. The Hall–Kier alpha value is -0.870. The third kappa shape index (κ3) is 2.44. The molecule has 16 heavy (non-hydrogen) atoms. The fourth-order valence-corrected chi connectivity index (χ4v) is 2.82. The molecule has 1 atom stereocenters.